The van der Waals surface area contributed by atoms with Crippen LogP contribution in [0.2, 0.25) is 0 Å². The molecule has 1 aliphatic carbocycles. The lowest BCUT2D eigenvalue weighted by molar-refractivity contribution is 0.0688. The standard InChI is InChI=1S/C8H10N2O3/c11-4-1-2-6-5(3-4)7(8(12)13)10-9-6/h4,11H,1-3H2,(H,9,10)(H,12,13). The first-order valence-corrected chi connectivity index (χ1v) is 4.16. The fourth-order valence-electron chi connectivity index (χ4n) is 1.65. The van der Waals surface area contributed by atoms with Crippen molar-refractivity contribution in [3.8, 4) is 0 Å². The van der Waals surface area contributed by atoms with Gasteiger partial charge in [-0.25, -0.2) is 4.79 Å². The largest absolute Gasteiger partial charge is 0.476 e. The zero-order valence-corrected chi connectivity index (χ0v) is 6.95. The van der Waals surface area contributed by atoms with E-state index in [4.69, 9.17) is 5.11 Å². The van der Waals surface area contributed by atoms with E-state index < -0.39 is 12.1 Å². The molecule has 2 rings (SSSR count). The highest BCUT2D eigenvalue weighted by molar-refractivity contribution is 5.87. The SMILES string of the molecule is O=C(O)c1n[nH]c2c1CC(O)CC2. The fraction of sp³-hybridized carbons (Fsp3) is 0.500. The summed E-state index contributed by atoms with van der Waals surface area (Å²) in [6.45, 7) is 0. The van der Waals surface area contributed by atoms with E-state index in [9.17, 15) is 9.90 Å². The molecule has 1 aromatic heterocycles. The molecule has 1 aliphatic rings. The quantitative estimate of drug-likeness (QED) is 0.568. The summed E-state index contributed by atoms with van der Waals surface area (Å²) in [6.07, 6.45) is 1.32. The van der Waals surface area contributed by atoms with Gasteiger partial charge in [0.15, 0.2) is 5.69 Å². The molecule has 0 amide bonds. The molecule has 1 unspecified atom stereocenters. The van der Waals surface area contributed by atoms with E-state index in [1.807, 2.05) is 0 Å². The highest BCUT2D eigenvalue weighted by Gasteiger charge is 2.24. The first-order chi connectivity index (χ1) is 6.18. The number of aromatic carboxylic acids is 1. The van der Waals surface area contributed by atoms with E-state index >= 15 is 0 Å². The van der Waals surface area contributed by atoms with Gasteiger partial charge in [0.2, 0.25) is 0 Å². The molecule has 0 saturated heterocycles. The van der Waals surface area contributed by atoms with Crippen molar-refractivity contribution < 1.29 is 15.0 Å². The van der Waals surface area contributed by atoms with Gasteiger partial charge in [0.25, 0.3) is 0 Å². The minimum atomic E-state index is -1.04. The number of aromatic amines is 1. The Kier molecular flexibility index (Phi) is 1.81. The third-order valence-electron chi connectivity index (χ3n) is 2.32. The Morgan fingerprint density at radius 2 is 2.38 bits per heavy atom. The number of hydrogen-bond acceptors (Lipinski definition) is 3. The predicted octanol–water partition coefficient (Wildman–Crippen LogP) is -0.0425. The van der Waals surface area contributed by atoms with E-state index in [1.54, 1.807) is 0 Å². The van der Waals surface area contributed by atoms with Crippen LogP contribution in [0.1, 0.15) is 28.2 Å². The van der Waals surface area contributed by atoms with Gasteiger partial charge in [0.1, 0.15) is 0 Å². The Morgan fingerprint density at radius 1 is 1.62 bits per heavy atom. The predicted molar refractivity (Wildman–Crippen MR) is 43.6 cm³/mol. The lowest BCUT2D eigenvalue weighted by Crippen LogP contribution is -2.19. The van der Waals surface area contributed by atoms with Gasteiger partial charge in [-0.05, 0) is 12.8 Å². The number of carbonyl (C=O) groups is 1. The molecule has 0 radical (unpaired) electrons. The van der Waals surface area contributed by atoms with Gasteiger partial charge in [0.05, 0.1) is 6.10 Å². The zero-order chi connectivity index (χ0) is 9.42. The molecular formula is C8H10N2O3. The molecule has 70 valence electrons. The van der Waals surface area contributed by atoms with Gasteiger partial charge < -0.3 is 10.2 Å². The number of hydrogen-bond donors (Lipinski definition) is 3. The minimum Gasteiger partial charge on any atom is -0.476 e. The van der Waals surface area contributed by atoms with Crippen molar-refractivity contribution in [1.29, 1.82) is 0 Å². The smallest absolute Gasteiger partial charge is 0.356 e. The van der Waals surface area contributed by atoms with Crippen LogP contribution >= 0.6 is 0 Å². The maximum Gasteiger partial charge on any atom is 0.356 e. The first-order valence-electron chi connectivity index (χ1n) is 4.16. The third kappa shape index (κ3) is 1.31. The van der Waals surface area contributed by atoms with E-state index in [2.05, 4.69) is 10.2 Å². The number of fused-ring (bicyclic) bond motifs is 1. The Bertz CT molecular complexity index is 345. The number of aryl methyl sites for hydroxylation is 1. The second-order valence-corrected chi connectivity index (χ2v) is 3.23. The van der Waals surface area contributed by atoms with Gasteiger partial charge in [0, 0.05) is 17.7 Å². The molecule has 0 aliphatic heterocycles. The zero-order valence-electron chi connectivity index (χ0n) is 6.95. The number of rotatable bonds is 1. The Labute approximate surface area is 74.4 Å². The average molecular weight is 182 g/mol. The van der Waals surface area contributed by atoms with Crippen LogP contribution in [0.15, 0.2) is 0 Å². The van der Waals surface area contributed by atoms with Crippen LogP contribution in [0.5, 0.6) is 0 Å². The van der Waals surface area contributed by atoms with Gasteiger partial charge in [-0.1, -0.05) is 0 Å². The summed E-state index contributed by atoms with van der Waals surface area (Å²) in [5.74, 6) is -1.04. The summed E-state index contributed by atoms with van der Waals surface area (Å²) >= 11 is 0. The summed E-state index contributed by atoms with van der Waals surface area (Å²) in [4.78, 5) is 10.7. The Morgan fingerprint density at radius 3 is 3.08 bits per heavy atom. The molecule has 0 fully saturated rings. The van der Waals surface area contributed by atoms with Gasteiger partial charge in [-0.2, -0.15) is 5.10 Å². The van der Waals surface area contributed by atoms with E-state index in [0.717, 1.165) is 5.69 Å². The molecule has 5 nitrogen and oxygen atoms in total. The van der Waals surface area contributed by atoms with Crippen molar-refractivity contribution in [3.63, 3.8) is 0 Å². The van der Waals surface area contributed by atoms with Crippen molar-refractivity contribution in [2.24, 2.45) is 0 Å². The molecule has 0 bridgehead atoms. The highest BCUT2D eigenvalue weighted by atomic mass is 16.4. The molecule has 3 N–H and O–H groups in total. The van der Waals surface area contributed by atoms with Crippen LogP contribution < -0.4 is 0 Å². The van der Waals surface area contributed by atoms with Crippen LogP contribution in [-0.2, 0) is 12.8 Å². The fourth-order valence-corrected chi connectivity index (χ4v) is 1.65. The van der Waals surface area contributed by atoms with Crippen molar-refractivity contribution in [2.45, 2.75) is 25.4 Å². The topological polar surface area (TPSA) is 86.2 Å². The molecular weight excluding hydrogens is 172 g/mol. The highest BCUT2D eigenvalue weighted by Crippen LogP contribution is 2.22. The second-order valence-electron chi connectivity index (χ2n) is 3.23. The third-order valence-corrected chi connectivity index (χ3v) is 2.32. The normalized spacial score (nSPS) is 21.2. The van der Waals surface area contributed by atoms with E-state index in [1.165, 1.54) is 0 Å². The van der Waals surface area contributed by atoms with Gasteiger partial charge in [-0.15, -0.1) is 0 Å². The lowest BCUT2D eigenvalue weighted by atomic mass is 9.93. The summed E-state index contributed by atoms with van der Waals surface area (Å²) < 4.78 is 0. The van der Waals surface area contributed by atoms with Crippen LogP contribution in [0.3, 0.4) is 0 Å². The van der Waals surface area contributed by atoms with Crippen molar-refractivity contribution in [3.05, 3.63) is 17.0 Å². The van der Waals surface area contributed by atoms with Crippen LogP contribution in [0.4, 0.5) is 0 Å². The maximum absolute atomic E-state index is 10.7. The second kappa shape index (κ2) is 2.85. The van der Waals surface area contributed by atoms with Crippen LogP contribution in [-0.4, -0.2) is 32.5 Å². The lowest BCUT2D eigenvalue weighted by Gasteiger charge is -2.16. The number of aliphatic hydroxyl groups is 1. The van der Waals surface area contributed by atoms with Crippen molar-refractivity contribution in [1.82, 2.24) is 10.2 Å². The number of nitrogens with zero attached hydrogens (tertiary/aromatic N) is 1. The molecule has 0 spiro atoms. The molecule has 1 aromatic rings. The number of nitrogens with one attached hydrogen (secondary N) is 1. The molecule has 13 heavy (non-hydrogen) atoms. The summed E-state index contributed by atoms with van der Waals surface area (Å²) in [6, 6.07) is 0. The maximum atomic E-state index is 10.7. The van der Waals surface area contributed by atoms with Crippen molar-refractivity contribution >= 4 is 5.97 Å². The number of aromatic nitrogens is 2. The average Bonchev–Trinajstić information content (AvgIpc) is 2.46. The Hall–Kier alpha value is -1.36. The molecule has 0 aromatic carbocycles. The van der Waals surface area contributed by atoms with Gasteiger partial charge in [-0.3, -0.25) is 5.10 Å². The number of H-pyrrole nitrogens is 1. The van der Waals surface area contributed by atoms with Crippen molar-refractivity contribution in [2.75, 3.05) is 0 Å². The molecule has 1 heterocycles. The number of carboxylic acids is 1. The van der Waals surface area contributed by atoms with E-state index in [0.29, 0.717) is 24.8 Å². The van der Waals surface area contributed by atoms with Crippen LogP contribution in [0, 0.1) is 0 Å². The Balaban J connectivity index is 2.41. The molecule has 1 atom stereocenters. The number of carboxylic acid groups (broad SMARTS) is 1. The molecule has 5 heteroatoms. The van der Waals surface area contributed by atoms with Crippen LogP contribution in [0.25, 0.3) is 0 Å². The van der Waals surface area contributed by atoms with Gasteiger partial charge >= 0.3 is 5.97 Å². The number of aliphatic hydroxyl groups excluding tert-OH is 1. The monoisotopic (exact) mass is 182 g/mol. The first kappa shape index (κ1) is 8.25. The van der Waals surface area contributed by atoms with E-state index in [-0.39, 0.29) is 5.69 Å². The summed E-state index contributed by atoms with van der Waals surface area (Å²) in [7, 11) is 0. The molecule has 0 saturated carbocycles. The summed E-state index contributed by atoms with van der Waals surface area (Å²) in [5, 5.41) is 24.5. The minimum absolute atomic E-state index is 0.0498. The summed E-state index contributed by atoms with van der Waals surface area (Å²) in [5.41, 5.74) is 1.56.